The normalized spacial score (nSPS) is 14.5. The van der Waals surface area contributed by atoms with Crippen molar-refractivity contribution in [3.63, 3.8) is 0 Å². The largest absolute Gasteiger partial charge is 0.383 e. The third-order valence-corrected chi connectivity index (χ3v) is 5.25. The number of rotatable bonds is 7. The molecule has 2 amide bonds. The first-order valence-electron chi connectivity index (χ1n) is 10.1. The second-order valence-electron chi connectivity index (χ2n) is 7.47. The fourth-order valence-electron chi connectivity index (χ4n) is 3.48. The summed E-state index contributed by atoms with van der Waals surface area (Å²) in [6.07, 6.45) is 2.22. The quantitative estimate of drug-likeness (QED) is 0.704. The number of benzene rings is 2. The van der Waals surface area contributed by atoms with Crippen LogP contribution in [0.1, 0.15) is 40.5 Å². The number of ether oxygens (including phenoxy) is 1. The molecule has 1 aliphatic heterocycles. The SMILES string of the molecule is COCCNC(=O)c1cc(NC(=O)c2ccccc2)ccc1N1CCC(C)CC1. The zero-order valence-corrected chi connectivity index (χ0v) is 17.1. The van der Waals surface area contributed by atoms with Gasteiger partial charge in [0.15, 0.2) is 0 Å². The number of anilines is 2. The number of methoxy groups -OCH3 is 1. The molecule has 0 aromatic heterocycles. The molecule has 0 spiro atoms. The van der Waals surface area contributed by atoms with Gasteiger partial charge in [0.25, 0.3) is 11.8 Å². The fourth-order valence-corrected chi connectivity index (χ4v) is 3.48. The van der Waals surface area contributed by atoms with Gasteiger partial charge in [0.2, 0.25) is 0 Å². The van der Waals surface area contributed by atoms with Crippen molar-refractivity contribution < 1.29 is 14.3 Å². The minimum absolute atomic E-state index is 0.161. The number of hydrogen-bond donors (Lipinski definition) is 2. The average Bonchev–Trinajstić information content (AvgIpc) is 2.75. The van der Waals surface area contributed by atoms with Crippen LogP contribution in [-0.4, -0.2) is 45.2 Å². The van der Waals surface area contributed by atoms with Gasteiger partial charge in [-0.15, -0.1) is 0 Å². The Balaban J connectivity index is 1.82. The number of amides is 2. The van der Waals surface area contributed by atoms with Gasteiger partial charge < -0.3 is 20.3 Å². The predicted molar refractivity (Wildman–Crippen MR) is 116 cm³/mol. The Labute approximate surface area is 172 Å². The van der Waals surface area contributed by atoms with Gasteiger partial charge in [-0.2, -0.15) is 0 Å². The molecule has 154 valence electrons. The number of piperidine rings is 1. The lowest BCUT2D eigenvalue weighted by molar-refractivity contribution is 0.0936. The number of hydrogen-bond acceptors (Lipinski definition) is 4. The van der Waals surface area contributed by atoms with E-state index in [9.17, 15) is 9.59 Å². The molecular formula is C23H29N3O3. The molecule has 0 saturated carbocycles. The van der Waals surface area contributed by atoms with Crippen molar-refractivity contribution in [1.29, 1.82) is 0 Å². The molecule has 2 aromatic carbocycles. The van der Waals surface area contributed by atoms with Crippen molar-refractivity contribution in [3.8, 4) is 0 Å². The van der Waals surface area contributed by atoms with Crippen LogP contribution < -0.4 is 15.5 Å². The Hall–Kier alpha value is -2.86. The minimum atomic E-state index is -0.198. The summed E-state index contributed by atoms with van der Waals surface area (Å²) in [5.74, 6) is 0.344. The highest BCUT2D eigenvalue weighted by atomic mass is 16.5. The Morgan fingerprint density at radius 1 is 1.07 bits per heavy atom. The number of nitrogens with zero attached hydrogens (tertiary/aromatic N) is 1. The van der Waals surface area contributed by atoms with Crippen LogP contribution in [0.5, 0.6) is 0 Å². The molecule has 0 bridgehead atoms. The molecule has 2 aromatic rings. The molecule has 1 aliphatic rings. The van der Waals surface area contributed by atoms with E-state index >= 15 is 0 Å². The smallest absolute Gasteiger partial charge is 0.255 e. The molecule has 29 heavy (non-hydrogen) atoms. The zero-order chi connectivity index (χ0) is 20.6. The van der Waals surface area contributed by atoms with Gasteiger partial charge in [-0.25, -0.2) is 0 Å². The van der Waals surface area contributed by atoms with Crippen LogP contribution in [-0.2, 0) is 4.74 Å². The molecule has 0 unspecified atom stereocenters. The van der Waals surface area contributed by atoms with Gasteiger partial charge in [0.05, 0.1) is 12.2 Å². The van der Waals surface area contributed by atoms with Gasteiger partial charge in [0.1, 0.15) is 0 Å². The maximum absolute atomic E-state index is 12.8. The number of carbonyl (C=O) groups excluding carboxylic acids is 2. The van der Waals surface area contributed by atoms with E-state index in [0.29, 0.717) is 35.9 Å². The summed E-state index contributed by atoms with van der Waals surface area (Å²) in [4.78, 5) is 27.6. The van der Waals surface area contributed by atoms with Crippen molar-refractivity contribution >= 4 is 23.2 Å². The van der Waals surface area contributed by atoms with E-state index in [1.807, 2.05) is 30.3 Å². The van der Waals surface area contributed by atoms with E-state index in [1.54, 1.807) is 25.3 Å². The molecule has 0 radical (unpaired) electrons. The molecule has 0 atom stereocenters. The highest BCUT2D eigenvalue weighted by Crippen LogP contribution is 2.29. The van der Waals surface area contributed by atoms with E-state index in [0.717, 1.165) is 31.6 Å². The van der Waals surface area contributed by atoms with Crippen LogP contribution in [0.3, 0.4) is 0 Å². The topological polar surface area (TPSA) is 70.7 Å². The lowest BCUT2D eigenvalue weighted by Crippen LogP contribution is -2.35. The van der Waals surface area contributed by atoms with E-state index in [4.69, 9.17) is 4.74 Å². The van der Waals surface area contributed by atoms with E-state index < -0.39 is 0 Å². The van der Waals surface area contributed by atoms with E-state index in [1.165, 1.54) is 0 Å². The minimum Gasteiger partial charge on any atom is -0.383 e. The van der Waals surface area contributed by atoms with Crippen LogP contribution in [0.2, 0.25) is 0 Å². The van der Waals surface area contributed by atoms with Gasteiger partial charge in [0, 0.05) is 43.7 Å². The molecule has 0 aliphatic carbocycles. The van der Waals surface area contributed by atoms with Crippen molar-refractivity contribution in [2.45, 2.75) is 19.8 Å². The van der Waals surface area contributed by atoms with Crippen molar-refractivity contribution in [1.82, 2.24) is 5.32 Å². The molecule has 3 rings (SSSR count). The summed E-state index contributed by atoms with van der Waals surface area (Å²) in [5.41, 5.74) is 2.66. The number of nitrogens with one attached hydrogen (secondary N) is 2. The van der Waals surface area contributed by atoms with Crippen LogP contribution in [0.15, 0.2) is 48.5 Å². The molecule has 1 heterocycles. The lowest BCUT2D eigenvalue weighted by atomic mass is 9.97. The third-order valence-electron chi connectivity index (χ3n) is 5.25. The Bertz CT molecular complexity index is 831. The van der Waals surface area contributed by atoms with Crippen LogP contribution >= 0.6 is 0 Å². The first kappa shape index (κ1) is 20.9. The van der Waals surface area contributed by atoms with Gasteiger partial charge >= 0.3 is 0 Å². The maximum Gasteiger partial charge on any atom is 0.255 e. The molecule has 2 N–H and O–H groups in total. The predicted octanol–water partition coefficient (Wildman–Crippen LogP) is 3.55. The van der Waals surface area contributed by atoms with Crippen molar-refractivity contribution in [3.05, 3.63) is 59.7 Å². The second kappa shape index (κ2) is 10.1. The Morgan fingerprint density at radius 3 is 2.48 bits per heavy atom. The fraction of sp³-hybridized carbons (Fsp3) is 0.391. The summed E-state index contributed by atoms with van der Waals surface area (Å²) in [6, 6.07) is 14.6. The van der Waals surface area contributed by atoms with Crippen LogP contribution in [0.4, 0.5) is 11.4 Å². The lowest BCUT2D eigenvalue weighted by Gasteiger charge is -2.33. The van der Waals surface area contributed by atoms with E-state index in [-0.39, 0.29) is 11.8 Å². The average molecular weight is 396 g/mol. The number of carbonyl (C=O) groups is 2. The molecule has 1 saturated heterocycles. The van der Waals surface area contributed by atoms with Gasteiger partial charge in [-0.1, -0.05) is 25.1 Å². The Morgan fingerprint density at radius 2 is 1.79 bits per heavy atom. The maximum atomic E-state index is 12.8. The summed E-state index contributed by atoms with van der Waals surface area (Å²) in [7, 11) is 1.60. The monoisotopic (exact) mass is 395 g/mol. The second-order valence-corrected chi connectivity index (χ2v) is 7.47. The molecular weight excluding hydrogens is 366 g/mol. The van der Waals surface area contributed by atoms with Gasteiger partial charge in [-0.05, 0) is 49.1 Å². The van der Waals surface area contributed by atoms with Crippen molar-refractivity contribution in [2.24, 2.45) is 5.92 Å². The first-order valence-corrected chi connectivity index (χ1v) is 10.1. The third kappa shape index (κ3) is 5.57. The molecule has 1 fully saturated rings. The highest BCUT2D eigenvalue weighted by molar-refractivity contribution is 6.06. The van der Waals surface area contributed by atoms with E-state index in [2.05, 4.69) is 22.5 Å². The highest BCUT2D eigenvalue weighted by Gasteiger charge is 2.22. The standard InChI is InChI=1S/C23H29N3O3/c1-17-10-13-26(14-11-17)21-9-8-19(16-20(21)23(28)24-12-15-29-2)25-22(27)18-6-4-3-5-7-18/h3-9,16-17H,10-15H2,1-2H3,(H,24,28)(H,25,27). The van der Waals surface area contributed by atoms with Crippen molar-refractivity contribution in [2.75, 3.05) is 43.6 Å². The van der Waals surface area contributed by atoms with Crippen LogP contribution in [0, 0.1) is 5.92 Å². The van der Waals surface area contributed by atoms with Gasteiger partial charge in [-0.3, -0.25) is 9.59 Å². The summed E-state index contributed by atoms with van der Waals surface area (Å²) in [5, 5.41) is 5.79. The first-order chi connectivity index (χ1) is 14.1. The zero-order valence-electron chi connectivity index (χ0n) is 17.1. The summed E-state index contributed by atoms with van der Waals surface area (Å²) in [6.45, 7) is 5.00. The van der Waals surface area contributed by atoms with Crippen LogP contribution in [0.25, 0.3) is 0 Å². The summed E-state index contributed by atoms with van der Waals surface area (Å²) < 4.78 is 5.03. The Kier molecular flexibility index (Phi) is 7.25. The summed E-state index contributed by atoms with van der Waals surface area (Å²) >= 11 is 0. The molecule has 6 nitrogen and oxygen atoms in total. The molecule has 6 heteroatoms.